The van der Waals surface area contributed by atoms with Crippen LogP contribution >= 0.6 is 11.8 Å². The van der Waals surface area contributed by atoms with Gasteiger partial charge in [0.15, 0.2) is 0 Å². The normalized spacial score (nSPS) is 27.2. The molecule has 0 amide bonds. The molecule has 2 unspecified atom stereocenters. The van der Waals surface area contributed by atoms with Crippen LogP contribution in [0.4, 0.5) is 5.82 Å². The van der Waals surface area contributed by atoms with Crippen LogP contribution in [0.15, 0.2) is 10.9 Å². The third-order valence-electron chi connectivity index (χ3n) is 4.04. The van der Waals surface area contributed by atoms with Gasteiger partial charge >= 0.3 is 0 Å². The molecule has 0 spiro atoms. The molecule has 1 heterocycles. The number of nitrogens with zero attached hydrogens (tertiary/aromatic N) is 1. The summed E-state index contributed by atoms with van der Waals surface area (Å²) in [5, 5.41) is 4.21. The highest BCUT2D eigenvalue weighted by Crippen LogP contribution is 2.37. The molecule has 2 saturated carbocycles. The van der Waals surface area contributed by atoms with Crippen molar-refractivity contribution in [2.24, 2.45) is 0 Å². The van der Waals surface area contributed by atoms with Gasteiger partial charge in [0.05, 0.1) is 0 Å². The lowest BCUT2D eigenvalue weighted by Crippen LogP contribution is -2.29. The molecule has 5 heteroatoms. The quantitative estimate of drug-likeness (QED) is 0.890. The van der Waals surface area contributed by atoms with Crippen molar-refractivity contribution in [3.63, 3.8) is 0 Å². The van der Waals surface area contributed by atoms with E-state index in [0.717, 1.165) is 29.7 Å². The zero-order valence-electron chi connectivity index (χ0n) is 11.3. The average molecular weight is 279 g/mol. The lowest BCUT2D eigenvalue weighted by Gasteiger charge is -2.29. The Morgan fingerprint density at radius 2 is 2.21 bits per heavy atom. The highest BCUT2D eigenvalue weighted by molar-refractivity contribution is 7.99. The Bertz CT molecular complexity index is 498. The van der Waals surface area contributed by atoms with Crippen LogP contribution in [0.5, 0.6) is 0 Å². The number of aromatic amines is 1. The summed E-state index contributed by atoms with van der Waals surface area (Å²) in [4.78, 5) is 19.1. The first kappa shape index (κ1) is 13.0. The van der Waals surface area contributed by atoms with E-state index < -0.39 is 0 Å². The minimum absolute atomic E-state index is 0.0309. The number of thioether (sulfide) groups is 1. The Morgan fingerprint density at radius 1 is 1.37 bits per heavy atom. The van der Waals surface area contributed by atoms with Crippen molar-refractivity contribution >= 4 is 17.6 Å². The number of H-pyrrole nitrogens is 1. The Balaban J connectivity index is 1.70. The first-order valence-electron chi connectivity index (χ1n) is 7.15. The highest BCUT2D eigenvalue weighted by Gasteiger charge is 2.27. The standard InChI is InChI=1S/C14H21N3OS/c1-19-11-4-2-3-10(7-11)15-12-8-13(18)17-14(16-12)9-5-6-9/h8-11H,2-7H2,1H3,(H2,15,16,17,18). The van der Waals surface area contributed by atoms with E-state index in [9.17, 15) is 4.79 Å². The average Bonchev–Trinajstić information content (AvgIpc) is 3.22. The second kappa shape index (κ2) is 5.57. The second-order valence-electron chi connectivity index (χ2n) is 5.66. The van der Waals surface area contributed by atoms with Gasteiger partial charge in [-0.3, -0.25) is 4.79 Å². The molecule has 0 saturated heterocycles. The smallest absolute Gasteiger partial charge is 0.252 e. The van der Waals surface area contributed by atoms with E-state index in [1.807, 2.05) is 11.8 Å². The molecule has 0 aromatic carbocycles. The summed E-state index contributed by atoms with van der Waals surface area (Å²) in [6.07, 6.45) is 9.44. The van der Waals surface area contributed by atoms with Crippen molar-refractivity contribution in [2.45, 2.75) is 55.7 Å². The predicted molar refractivity (Wildman–Crippen MR) is 80.0 cm³/mol. The fourth-order valence-corrected chi connectivity index (χ4v) is 3.63. The molecule has 2 atom stereocenters. The predicted octanol–water partition coefficient (Wildman–Crippen LogP) is 2.73. The van der Waals surface area contributed by atoms with E-state index in [1.54, 1.807) is 6.07 Å². The molecule has 1 aromatic heterocycles. The molecule has 4 nitrogen and oxygen atoms in total. The molecule has 2 aliphatic carbocycles. The van der Waals surface area contributed by atoms with Gasteiger partial charge in [0, 0.05) is 23.3 Å². The maximum Gasteiger partial charge on any atom is 0.252 e. The van der Waals surface area contributed by atoms with Crippen LogP contribution in [0.2, 0.25) is 0 Å². The molecule has 19 heavy (non-hydrogen) atoms. The molecular formula is C14H21N3OS. The minimum Gasteiger partial charge on any atom is -0.367 e. The van der Waals surface area contributed by atoms with Gasteiger partial charge in [-0.15, -0.1) is 0 Å². The third-order valence-corrected chi connectivity index (χ3v) is 5.13. The number of rotatable bonds is 4. The highest BCUT2D eigenvalue weighted by atomic mass is 32.2. The van der Waals surface area contributed by atoms with Crippen LogP contribution in [-0.2, 0) is 0 Å². The Hall–Kier alpha value is -0.970. The second-order valence-corrected chi connectivity index (χ2v) is 6.79. The summed E-state index contributed by atoms with van der Waals surface area (Å²) in [5.41, 5.74) is -0.0309. The number of hydrogen-bond donors (Lipinski definition) is 2. The Kier molecular flexibility index (Phi) is 3.82. The molecule has 0 radical (unpaired) electrons. The fraction of sp³-hybridized carbons (Fsp3) is 0.714. The third kappa shape index (κ3) is 3.32. The van der Waals surface area contributed by atoms with Gasteiger partial charge in [-0.1, -0.05) is 6.42 Å². The molecule has 0 aliphatic heterocycles. The zero-order valence-corrected chi connectivity index (χ0v) is 12.1. The molecule has 2 aliphatic rings. The maximum atomic E-state index is 11.7. The Labute approximate surface area is 117 Å². The van der Waals surface area contributed by atoms with Gasteiger partial charge in [-0.2, -0.15) is 11.8 Å². The van der Waals surface area contributed by atoms with Crippen molar-refractivity contribution in [1.82, 2.24) is 9.97 Å². The first-order chi connectivity index (χ1) is 9.24. The van der Waals surface area contributed by atoms with E-state index in [2.05, 4.69) is 21.5 Å². The van der Waals surface area contributed by atoms with Crippen LogP contribution in [0.3, 0.4) is 0 Å². The van der Waals surface area contributed by atoms with Crippen LogP contribution in [0.25, 0.3) is 0 Å². The Morgan fingerprint density at radius 3 is 2.95 bits per heavy atom. The summed E-state index contributed by atoms with van der Waals surface area (Å²) in [6, 6.07) is 2.06. The van der Waals surface area contributed by atoms with E-state index in [4.69, 9.17) is 0 Å². The summed E-state index contributed by atoms with van der Waals surface area (Å²) < 4.78 is 0. The van der Waals surface area contributed by atoms with Crippen molar-refractivity contribution in [3.05, 3.63) is 22.2 Å². The van der Waals surface area contributed by atoms with E-state index in [1.165, 1.54) is 25.7 Å². The number of nitrogens with one attached hydrogen (secondary N) is 2. The van der Waals surface area contributed by atoms with Gasteiger partial charge in [0.1, 0.15) is 11.6 Å². The van der Waals surface area contributed by atoms with Crippen LogP contribution in [0.1, 0.15) is 50.3 Å². The topological polar surface area (TPSA) is 57.8 Å². The van der Waals surface area contributed by atoms with Crippen LogP contribution in [-0.4, -0.2) is 27.5 Å². The molecule has 2 N–H and O–H groups in total. The summed E-state index contributed by atoms with van der Waals surface area (Å²) in [7, 11) is 0. The molecular weight excluding hydrogens is 258 g/mol. The number of anilines is 1. The number of aromatic nitrogens is 2. The van der Waals surface area contributed by atoms with Crippen molar-refractivity contribution in [2.75, 3.05) is 11.6 Å². The van der Waals surface area contributed by atoms with Gasteiger partial charge in [-0.05, 0) is 38.4 Å². The van der Waals surface area contributed by atoms with Crippen LogP contribution < -0.4 is 10.9 Å². The monoisotopic (exact) mass is 279 g/mol. The number of hydrogen-bond acceptors (Lipinski definition) is 4. The summed E-state index contributed by atoms with van der Waals surface area (Å²) in [5.74, 6) is 2.12. The molecule has 104 valence electrons. The van der Waals surface area contributed by atoms with Gasteiger partial charge < -0.3 is 10.3 Å². The molecule has 1 aromatic rings. The van der Waals surface area contributed by atoms with Gasteiger partial charge in [0.2, 0.25) is 0 Å². The minimum atomic E-state index is -0.0309. The largest absolute Gasteiger partial charge is 0.367 e. The van der Waals surface area contributed by atoms with Crippen LogP contribution in [0, 0.1) is 0 Å². The molecule has 3 rings (SSSR count). The molecule has 2 fully saturated rings. The van der Waals surface area contributed by atoms with Crippen molar-refractivity contribution < 1.29 is 0 Å². The van der Waals surface area contributed by atoms with Crippen molar-refractivity contribution in [3.8, 4) is 0 Å². The summed E-state index contributed by atoms with van der Waals surface area (Å²) >= 11 is 1.95. The first-order valence-corrected chi connectivity index (χ1v) is 8.44. The summed E-state index contributed by atoms with van der Waals surface area (Å²) in [6.45, 7) is 0. The lowest BCUT2D eigenvalue weighted by molar-refractivity contribution is 0.472. The lowest BCUT2D eigenvalue weighted by atomic mass is 9.95. The van der Waals surface area contributed by atoms with Gasteiger partial charge in [0.25, 0.3) is 5.56 Å². The van der Waals surface area contributed by atoms with E-state index >= 15 is 0 Å². The van der Waals surface area contributed by atoms with E-state index in [0.29, 0.717) is 12.0 Å². The van der Waals surface area contributed by atoms with Crippen molar-refractivity contribution in [1.29, 1.82) is 0 Å². The zero-order chi connectivity index (χ0) is 13.2. The maximum absolute atomic E-state index is 11.7. The molecule has 0 bridgehead atoms. The van der Waals surface area contributed by atoms with E-state index in [-0.39, 0.29) is 5.56 Å². The van der Waals surface area contributed by atoms with Gasteiger partial charge in [-0.25, -0.2) is 4.98 Å². The fourth-order valence-electron chi connectivity index (χ4n) is 2.80. The SMILES string of the molecule is CSC1CCCC(Nc2cc(=O)[nH]c(C3CC3)n2)C1.